The number of aromatic nitrogens is 3. The van der Waals surface area contributed by atoms with Gasteiger partial charge in [0.05, 0.1) is 5.92 Å². The van der Waals surface area contributed by atoms with E-state index in [4.69, 9.17) is 5.73 Å². The maximum Gasteiger partial charge on any atom is 0.114 e. The van der Waals surface area contributed by atoms with Gasteiger partial charge in [-0.25, -0.2) is 4.98 Å². The zero-order chi connectivity index (χ0) is 9.10. The van der Waals surface area contributed by atoms with Gasteiger partial charge in [-0.05, 0) is 11.6 Å². The van der Waals surface area contributed by atoms with Crippen molar-refractivity contribution in [2.75, 3.05) is 6.54 Å². The van der Waals surface area contributed by atoms with Crippen molar-refractivity contribution in [2.24, 2.45) is 5.73 Å². The number of hydrogen-bond donors (Lipinski definition) is 3. The monoisotopic (exact) mass is 176 g/mol. The Hall–Kier alpha value is -1.55. The van der Waals surface area contributed by atoms with E-state index in [0.717, 1.165) is 11.4 Å². The van der Waals surface area contributed by atoms with E-state index in [1.807, 2.05) is 24.7 Å². The highest BCUT2D eigenvalue weighted by molar-refractivity contribution is 5.22. The average Bonchev–Trinajstić information content (AvgIpc) is 2.76. The van der Waals surface area contributed by atoms with Crippen LogP contribution in [-0.4, -0.2) is 21.5 Å². The van der Waals surface area contributed by atoms with Crippen molar-refractivity contribution in [3.8, 4) is 0 Å². The lowest BCUT2D eigenvalue weighted by atomic mass is 10.0. The summed E-state index contributed by atoms with van der Waals surface area (Å²) in [7, 11) is 0. The number of hydrogen-bond acceptors (Lipinski definition) is 2. The summed E-state index contributed by atoms with van der Waals surface area (Å²) in [4.78, 5) is 10.3. The van der Waals surface area contributed by atoms with Crippen LogP contribution in [0.1, 0.15) is 17.3 Å². The number of nitrogens with zero attached hydrogens (tertiary/aromatic N) is 1. The molecule has 0 aliphatic heterocycles. The molecule has 4 nitrogen and oxygen atoms in total. The minimum atomic E-state index is 0.168. The Morgan fingerprint density at radius 2 is 2.38 bits per heavy atom. The van der Waals surface area contributed by atoms with Crippen molar-refractivity contribution in [2.45, 2.75) is 5.92 Å². The number of imidazole rings is 1. The van der Waals surface area contributed by atoms with E-state index in [0.29, 0.717) is 6.54 Å². The summed E-state index contributed by atoms with van der Waals surface area (Å²) >= 11 is 0. The molecular formula is C9H12N4. The first-order chi connectivity index (χ1) is 6.42. The molecule has 0 saturated carbocycles. The maximum atomic E-state index is 5.68. The summed E-state index contributed by atoms with van der Waals surface area (Å²) in [5.74, 6) is 1.09. The molecule has 4 heteroatoms. The SMILES string of the molecule is NCC(c1cc[nH]c1)c1ncc[nH]1. The highest BCUT2D eigenvalue weighted by atomic mass is 14.9. The minimum Gasteiger partial charge on any atom is -0.367 e. The number of nitrogens with one attached hydrogen (secondary N) is 2. The molecule has 1 unspecified atom stereocenters. The molecular weight excluding hydrogens is 164 g/mol. The third-order valence-electron chi connectivity index (χ3n) is 2.11. The molecule has 0 saturated heterocycles. The lowest BCUT2D eigenvalue weighted by molar-refractivity contribution is 0.766. The van der Waals surface area contributed by atoms with Gasteiger partial charge in [-0.2, -0.15) is 0 Å². The predicted octanol–water partition coefficient (Wildman–Crippen LogP) is 0.828. The van der Waals surface area contributed by atoms with Crippen LogP contribution >= 0.6 is 0 Å². The molecule has 0 radical (unpaired) electrons. The molecule has 2 aromatic rings. The van der Waals surface area contributed by atoms with Gasteiger partial charge in [0.15, 0.2) is 0 Å². The summed E-state index contributed by atoms with van der Waals surface area (Å²) in [6, 6.07) is 2.01. The predicted molar refractivity (Wildman–Crippen MR) is 50.3 cm³/mol. The van der Waals surface area contributed by atoms with Gasteiger partial charge in [0.1, 0.15) is 5.82 Å². The van der Waals surface area contributed by atoms with Gasteiger partial charge < -0.3 is 15.7 Å². The number of aromatic amines is 2. The highest BCUT2D eigenvalue weighted by Gasteiger charge is 2.14. The van der Waals surface area contributed by atoms with Crippen molar-refractivity contribution < 1.29 is 0 Å². The lowest BCUT2D eigenvalue weighted by Gasteiger charge is -2.09. The van der Waals surface area contributed by atoms with Crippen molar-refractivity contribution >= 4 is 0 Å². The first kappa shape index (κ1) is 8.07. The van der Waals surface area contributed by atoms with Crippen LogP contribution in [0.15, 0.2) is 30.9 Å². The van der Waals surface area contributed by atoms with Crippen LogP contribution in [0.5, 0.6) is 0 Å². The molecule has 0 aromatic carbocycles. The Bertz CT molecular complexity index is 301. The number of nitrogens with two attached hydrogens (primary N) is 1. The molecule has 68 valence electrons. The lowest BCUT2D eigenvalue weighted by Crippen LogP contribution is -2.14. The molecule has 0 fully saturated rings. The average molecular weight is 176 g/mol. The third-order valence-corrected chi connectivity index (χ3v) is 2.11. The Balaban J connectivity index is 2.29. The number of H-pyrrole nitrogens is 2. The van der Waals surface area contributed by atoms with Crippen LogP contribution in [0.4, 0.5) is 0 Å². The molecule has 1 atom stereocenters. The molecule has 0 spiro atoms. The van der Waals surface area contributed by atoms with Crippen molar-refractivity contribution in [1.29, 1.82) is 0 Å². The molecule has 0 aliphatic carbocycles. The van der Waals surface area contributed by atoms with Crippen molar-refractivity contribution in [3.63, 3.8) is 0 Å². The van der Waals surface area contributed by atoms with E-state index in [1.54, 1.807) is 6.20 Å². The fourth-order valence-corrected chi connectivity index (χ4v) is 1.43. The van der Waals surface area contributed by atoms with E-state index in [1.165, 1.54) is 0 Å². The topological polar surface area (TPSA) is 70.5 Å². The zero-order valence-corrected chi connectivity index (χ0v) is 7.20. The second kappa shape index (κ2) is 3.45. The summed E-state index contributed by atoms with van der Waals surface area (Å²) in [6.45, 7) is 0.561. The van der Waals surface area contributed by atoms with Gasteiger partial charge >= 0.3 is 0 Å². The van der Waals surface area contributed by atoms with Gasteiger partial charge in [-0.15, -0.1) is 0 Å². The van der Waals surface area contributed by atoms with Crippen LogP contribution in [0.3, 0.4) is 0 Å². The summed E-state index contributed by atoms with van der Waals surface area (Å²) in [5.41, 5.74) is 6.85. The Kier molecular flexibility index (Phi) is 2.14. The third kappa shape index (κ3) is 1.48. The Morgan fingerprint density at radius 3 is 2.92 bits per heavy atom. The molecule has 2 heterocycles. The van der Waals surface area contributed by atoms with Gasteiger partial charge in [0.2, 0.25) is 0 Å². The molecule has 2 rings (SSSR count). The van der Waals surface area contributed by atoms with Crippen LogP contribution in [0, 0.1) is 0 Å². The van der Waals surface area contributed by atoms with Gasteiger partial charge in [0.25, 0.3) is 0 Å². The molecule has 4 N–H and O–H groups in total. The van der Waals surface area contributed by atoms with Gasteiger partial charge in [0, 0.05) is 31.3 Å². The molecule has 13 heavy (non-hydrogen) atoms. The Labute approximate surface area is 76.2 Å². The zero-order valence-electron chi connectivity index (χ0n) is 7.20. The summed E-state index contributed by atoms with van der Waals surface area (Å²) in [6.07, 6.45) is 7.39. The second-order valence-electron chi connectivity index (χ2n) is 2.91. The molecule has 0 aliphatic rings. The van der Waals surface area contributed by atoms with Crippen molar-refractivity contribution in [1.82, 2.24) is 15.0 Å². The normalized spacial score (nSPS) is 13.0. The van der Waals surface area contributed by atoms with Crippen LogP contribution in [-0.2, 0) is 0 Å². The molecule has 0 amide bonds. The minimum absolute atomic E-state index is 0.168. The van der Waals surface area contributed by atoms with Gasteiger partial charge in [-0.1, -0.05) is 0 Å². The number of rotatable bonds is 3. The molecule has 0 bridgehead atoms. The van der Waals surface area contributed by atoms with Crippen LogP contribution < -0.4 is 5.73 Å². The first-order valence-electron chi connectivity index (χ1n) is 4.24. The first-order valence-corrected chi connectivity index (χ1v) is 4.24. The standard InChI is InChI=1S/C9H12N4/c10-5-8(7-1-2-11-6-7)9-12-3-4-13-9/h1-4,6,8,11H,5,10H2,(H,12,13). The maximum absolute atomic E-state index is 5.68. The molecule has 2 aromatic heterocycles. The van der Waals surface area contributed by atoms with Crippen LogP contribution in [0.2, 0.25) is 0 Å². The fourth-order valence-electron chi connectivity index (χ4n) is 1.43. The largest absolute Gasteiger partial charge is 0.367 e. The van der Waals surface area contributed by atoms with Gasteiger partial charge in [-0.3, -0.25) is 0 Å². The fraction of sp³-hybridized carbons (Fsp3) is 0.222. The van der Waals surface area contributed by atoms with E-state index in [9.17, 15) is 0 Å². The highest BCUT2D eigenvalue weighted by Crippen LogP contribution is 2.19. The van der Waals surface area contributed by atoms with E-state index < -0.39 is 0 Å². The van der Waals surface area contributed by atoms with E-state index in [-0.39, 0.29) is 5.92 Å². The smallest absolute Gasteiger partial charge is 0.114 e. The van der Waals surface area contributed by atoms with Crippen LogP contribution in [0.25, 0.3) is 0 Å². The van der Waals surface area contributed by atoms with E-state index in [2.05, 4.69) is 15.0 Å². The Morgan fingerprint density at radius 1 is 1.46 bits per heavy atom. The summed E-state index contributed by atoms with van der Waals surface area (Å²) in [5, 5.41) is 0. The van der Waals surface area contributed by atoms with Crippen molar-refractivity contribution in [3.05, 3.63) is 42.2 Å². The second-order valence-corrected chi connectivity index (χ2v) is 2.91. The summed E-state index contributed by atoms with van der Waals surface area (Å²) < 4.78 is 0. The van der Waals surface area contributed by atoms with E-state index >= 15 is 0 Å². The quantitative estimate of drug-likeness (QED) is 0.648.